The second kappa shape index (κ2) is 9.97. The molecule has 2 N–H and O–H groups in total. The van der Waals surface area contributed by atoms with E-state index in [1.165, 1.54) is 6.07 Å². The molecule has 152 valence electrons. The number of rotatable bonds is 7. The van der Waals surface area contributed by atoms with Crippen molar-refractivity contribution in [3.8, 4) is 11.4 Å². The van der Waals surface area contributed by atoms with Gasteiger partial charge in [-0.05, 0) is 54.4 Å². The van der Waals surface area contributed by atoms with Crippen molar-refractivity contribution >= 4 is 17.6 Å². The summed E-state index contributed by atoms with van der Waals surface area (Å²) in [6.07, 6.45) is 0.832. The Morgan fingerprint density at radius 2 is 1.79 bits per heavy atom. The molecule has 2 aromatic carbocycles. The first-order valence-corrected chi connectivity index (χ1v) is 9.40. The van der Waals surface area contributed by atoms with E-state index in [0.29, 0.717) is 54.2 Å². The second-order valence-corrected chi connectivity index (χ2v) is 6.62. The summed E-state index contributed by atoms with van der Waals surface area (Å²) < 4.78 is 32.1. The van der Waals surface area contributed by atoms with Gasteiger partial charge < -0.3 is 15.2 Å². The Kier molecular flexibility index (Phi) is 7.13. The maximum absolute atomic E-state index is 13.6. The van der Waals surface area contributed by atoms with Gasteiger partial charge in [-0.1, -0.05) is 16.8 Å². The molecule has 0 radical (unpaired) electrons. The van der Waals surface area contributed by atoms with Crippen LogP contribution in [0, 0.1) is 11.6 Å². The van der Waals surface area contributed by atoms with Crippen LogP contribution in [0.3, 0.4) is 0 Å². The highest BCUT2D eigenvalue weighted by Crippen LogP contribution is 2.18. The van der Waals surface area contributed by atoms with Crippen molar-refractivity contribution in [2.24, 2.45) is 4.99 Å². The molecule has 0 saturated carbocycles. The number of hydrogen-bond donors (Lipinski definition) is 2. The standard InChI is InChI=1S/C20H20ClF2N5O/c1-24-20(25-10-8-14-12-16(22)6-7-17(14)23)26-11-9-18-27-19(28-29-18)13-2-4-15(21)5-3-13/h2-7,12H,8-11H2,1H3,(H2,24,25,26). The van der Waals surface area contributed by atoms with Gasteiger partial charge in [0, 0.05) is 37.1 Å². The third-order valence-electron chi connectivity index (χ3n) is 4.12. The van der Waals surface area contributed by atoms with Gasteiger partial charge in [0.05, 0.1) is 0 Å². The summed E-state index contributed by atoms with van der Waals surface area (Å²) in [5.41, 5.74) is 1.13. The molecule has 6 nitrogen and oxygen atoms in total. The van der Waals surface area contributed by atoms with Crippen molar-refractivity contribution in [1.29, 1.82) is 0 Å². The lowest BCUT2D eigenvalue weighted by Gasteiger charge is -2.11. The number of aliphatic imine (C=N–C) groups is 1. The number of benzene rings is 2. The zero-order chi connectivity index (χ0) is 20.6. The number of hydrogen-bond acceptors (Lipinski definition) is 4. The molecule has 0 aliphatic heterocycles. The van der Waals surface area contributed by atoms with E-state index in [9.17, 15) is 8.78 Å². The Labute approximate surface area is 172 Å². The molecule has 3 rings (SSSR count). The Bertz CT molecular complexity index is 975. The summed E-state index contributed by atoms with van der Waals surface area (Å²) in [6, 6.07) is 10.6. The topological polar surface area (TPSA) is 75.3 Å². The van der Waals surface area contributed by atoms with Crippen molar-refractivity contribution in [3.63, 3.8) is 0 Å². The van der Waals surface area contributed by atoms with E-state index in [1.54, 1.807) is 19.2 Å². The average molecular weight is 420 g/mol. The largest absolute Gasteiger partial charge is 0.356 e. The van der Waals surface area contributed by atoms with E-state index < -0.39 is 11.6 Å². The third-order valence-corrected chi connectivity index (χ3v) is 4.37. The van der Waals surface area contributed by atoms with Crippen LogP contribution in [0.25, 0.3) is 11.4 Å². The fourth-order valence-corrected chi connectivity index (χ4v) is 2.76. The van der Waals surface area contributed by atoms with Crippen LogP contribution in [-0.2, 0) is 12.8 Å². The number of halogens is 3. The molecule has 0 aliphatic rings. The molecular weight excluding hydrogens is 400 g/mol. The highest BCUT2D eigenvalue weighted by Gasteiger charge is 2.09. The number of nitrogens with zero attached hydrogens (tertiary/aromatic N) is 3. The van der Waals surface area contributed by atoms with E-state index >= 15 is 0 Å². The molecule has 0 amide bonds. The fraction of sp³-hybridized carbons (Fsp3) is 0.250. The number of guanidine groups is 1. The minimum atomic E-state index is -0.457. The predicted octanol–water partition coefficient (Wildman–Crippen LogP) is 3.62. The zero-order valence-electron chi connectivity index (χ0n) is 15.8. The van der Waals surface area contributed by atoms with Crippen molar-refractivity contribution in [1.82, 2.24) is 20.8 Å². The fourth-order valence-electron chi connectivity index (χ4n) is 2.63. The molecule has 0 unspecified atom stereocenters. The Morgan fingerprint density at radius 1 is 1.07 bits per heavy atom. The Morgan fingerprint density at radius 3 is 2.52 bits per heavy atom. The highest BCUT2D eigenvalue weighted by molar-refractivity contribution is 6.30. The molecule has 0 aliphatic carbocycles. The van der Waals surface area contributed by atoms with Gasteiger partial charge in [-0.2, -0.15) is 4.98 Å². The molecule has 29 heavy (non-hydrogen) atoms. The lowest BCUT2D eigenvalue weighted by Crippen LogP contribution is -2.39. The molecule has 0 atom stereocenters. The molecule has 0 fully saturated rings. The molecular formula is C20H20ClF2N5O. The first-order valence-electron chi connectivity index (χ1n) is 9.02. The summed E-state index contributed by atoms with van der Waals surface area (Å²) in [5, 5.41) is 10.8. The first kappa shape index (κ1) is 20.7. The van der Waals surface area contributed by atoms with Gasteiger partial charge in [0.15, 0.2) is 5.96 Å². The van der Waals surface area contributed by atoms with Crippen molar-refractivity contribution in [3.05, 3.63) is 70.6 Å². The molecule has 1 aromatic heterocycles. The van der Waals surface area contributed by atoms with Crippen LogP contribution in [0.2, 0.25) is 5.02 Å². The smallest absolute Gasteiger partial charge is 0.228 e. The molecule has 9 heteroatoms. The highest BCUT2D eigenvalue weighted by atomic mass is 35.5. The van der Waals surface area contributed by atoms with Gasteiger partial charge in [-0.15, -0.1) is 0 Å². The summed E-state index contributed by atoms with van der Waals surface area (Å²) in [4.78, 5) is 8.45. The van der Waals surface area contributed by atoms with Gasteiger partial charge in [0.1, 0.15) is 11.6 Å². The summed E-state index contributed by atoms with van der Waals surface area (Å²) in [7, 11) is 1.63. The summed E-state index contributed by atoms with van der Waals surface area (Å²) in [6.45, 7) is 0.914. The Hall–Kier alpha value is -3.00. The zero-order valence-corrected chi connectivity index (χ0v) is 16.5. The van der Waals surface area contributed by atoms with Gasteiger partial charge in [0.2, 0.25) is 11.7 Å². The lowest BCUT2D eigenvalue weighted by atomic mass is 10.1. The van der Waals surface area contributed by atoms with Crippen molar-refractivity contribution in [2.45, 2.75) is 12.8 Å². The van der Waals surface area contributed by atoms with E-state index in [2.05, 4.69) is 25.8 Å². The third kappa shape index (κ3) is 5.99. The summed E-state index contributed by atoms with van der Waals surface area (Å²) in [5.74, 6) is 0.640. The minimum Gasteiger partial charge on any atom is -0.356 e. The molecule has 1 heterocycles. The number of aromatic nitrogens is 2. The van der Waals surface area contributed by atoms with Gasteiger partial charge in [-0.25, -0.2) is 8.78 Å². The van der Waals surface area contributed by atoms with Crippen molar-refractivity contribution in [2.75, 3.05) is 20.1 Å². The van der Waals surface area contributed by atoms with Crippen LogP contribution in [0.15, 0.2) is 52.0 Å². The van der Waals surface area contributed by atoms with Crippen LogP contribution in [0.5, 0.6) is 0 Å². The first-order chi connectivity index (χ1) is 14.0. The average Bonchev–Trinajstić information content (AvgIpc) is 3.18. The molecule has 0 bridgehead atoms. The molecule has 3 aromatic rings. The van der Waals surface area contributed by atoms with Crippen LogP contribution < -0.4 is 10.6 Å². The maximum atomic E-state index is 13.6. The minimum absolute atomic E-state index is 0.313. The SMILES string of the molecule is CN=C(NCCc1nc(-c2ccc(Cl)cc2)no1)NCCc1cc(F)ccc1F. The van der Waals surface area contributed by atoms with Crippen LogP contribution in [-0.4, -0.2) is 36.2 Å². The summed E-state index contributed by atoms with van der Waals surface area (Å²) >= 11 is 5.88. The van der Waals surface area contributed by atoms with Gasteiger partial charge in [-0.3, -0.25) is 4.99 Å². The monoisotopic (exact) mass is 419 g/mol. The molecule has 0 saturated heterocycles. The van der Waals surface area contributed by atoms with E-state index in [0.717, 1.165) is 17.7 Å². The van der Waals surface area contributed by atoms with Gasteiger partial charge >= 0.3 is 0 Å². The van der Waals surface area contributed by atoms with Crippen LogP contribution in [0.4, 0.5) is 8.78 Å². The quantitative estimate of drug-likeness (QED) is 0.452. The van der Waals surface area contributed by atoms with E-state index in [1.807, 2.05) is 12.1 Å². The van der Waals surface area contributed by atoms with E-state index in [-0.39, 0.29) is 0 Å². The van der Waals surface area contributed by atoms with Crippen molar-refractivity contribution < 1.29 is 13.3 Å². The second-order valence-electron chi connectivity index (χ2n) is 6.18. The lowest BCUT2D eigenvalue weighted by molar-refractivity contribution is 0.378. The number of nitrogens with one attached hydrogen (secondary N) is 2. The molecule has 0 spiro atoms. The van der Waals surface area contributed by atoms with Crippen LogP contribution >= 0.6 is 11.6 Å². The van der Waals surface area contributed by atoms with E-state index in [4.69, 9.17) is 16.1 Å². The van der Waals surface area contributed by atoms with Gasteiger partial charge in [0.25, 0.3) is 0 Å². The maximum Gasteiger partial charge on any atom is 0.228 e. The van der Waals surface area contributed by atoms with Crippen LogP contribution in [0.1, 0.15) is 11.5 Å². The Balaban J connectivity index is 1.44. The predicted molar refractivity (Wildman–Crippen MR) is 108 cm³/mol. The normalized spacial score (nSPS) is 11.5.